The summed E-state index contributed by atoms with van der Waals surface area (Å²) in [5, 5.41) is 0. The summed E-state index contributed by atoms with van der Waals surface area (Å²) in [6.07, 6.45) is 2.63. The van der Waals surface area contributed by atoms with E-state index >= 15 is 0 Å². The van der Waals surface area contributed by atoms with Crippen LogP contribution in [-0.2, 0) is 21.1 Å². The molecular formula is C6H5N2O2W-. The van der Waals surface area contributed by atoms with E-state index in [0.717, 1.165) is 0 Å². The van der Waals surface area contributed by atoms with E-state index in [2.05, 4.69) is 4.98 Å². The minimum atomic E-state index is -0.957. The summed E-state index contributed by atoms with van der Waals surface area (Å²) >= 11 is 0. The Morgan fingerprint density at radius 2 is 2.18 bits per heavy atom. The average molecular weight is 321 g/mol. The van der Waals surface area contributed by atoms with E-state index < -0.39 is 11.3 Å². The van der Waals surface area contributed by atoms with Crippen LogP contribution >= 0.6 is 0 Å². The topological polar surface area (TPSA) is 73.7 Å². The molecule has 0 unspecified atom stereocenters. The van der Waals surface area contributed by atoms with E-state index in [1.54, 1.807) is 0 Å². The van der Waals surface area contributed by atoms with Gasteiger partial charge in [0.15, 0.2) is 5.43 Å². The smallest absolute Gasteiger partial charge is 0.190 e. The van der Waals surface area contributed by atoms with E-state index in [-0.39, 0.29) is 26.6 Å². The average Bonchev–Trinajstić information content (AvgIpc) is 1.88. The van der Waals surface area contributed by atoms with E-state index in [1.807, 2.05) is 0 Å². The number of hydrogen-bond acceptors (Lipinski definition) is 2. The molecule has 1 amide bonds. The van der Waals surface area contributed by atoms with Crippen LogP contribution in [0.3, 0.4) is 0 Å². The summed E-state index contributed by atoms with van der Waals surface area (Å²) in [5.74, 6) is -0.957. The number of H-pyrrole nitrogens is 1. The van der Waals surface area contributed by atoms with Gasteiger partial charge in [-0.05, 0) is 0 Å². The van der Waals surface area contributed by atoms with Gasteiger partial charge in [-0.3, -0.25) is 4.79 Å². The molecule has 0 aromatic carbocycles. The van der Waals surface area contributed by atoms with E-state index in [0.29, 0.717) is 0 Å². The third kappa shape index (κ3) is 2.31. The first kappa shape index (κ1) is 10.1. The van der Waals surface area contributed by atoms with Crippen molar-refractivity contribution in [3.8, 4) is 0 Å². The standard InChI is InChI=1S/C6H6N2O2.W/c7-6(10)4-3-8-2-1-5(4)9;/h1-3H,(H3,7,8,9,10);/p-1. The van der Waals surface area contributed by atoms with Gasteiger partial charge in [-0.2, -0.15) is 0 Å². The molecule has 1 aromatic rings. The van der Waals surface area contributed by atoms with Crippen molar-refractivity contribution >= 4 is 5.91 Å². The summed E-state index contributed by atoms with van der Waals surface area (Å²) in [6.45, 7) is 0. The van der Waals surface area contributed by atoms with Crippen LogP contribution in [0.5, 0.6) is 0 Å². The van der Waals surface area contributed by atoms with Crippen LogP contribution in [0, 0.1) is 0 Å². The van der Waals surface area contributed by atoms with Crippen LogP contribution in [0.4, 0.5) is 0 Å². The van der Waals surface area contributed by atoms with Crippen LogP contribution in [0.25, 0.3) is 5.73 Å². The fourth-order valence-electron chi connectivity index (χ4n) is 0.594. The number of hydrogen-bond donors (Lipinski definition) is 1. The van der Waals surface area contributed by atoms with Crippen LogP contribution in [0.15, 0.2) is 23.3 Å². The van der Waals surface area contributed by atoms with Gasteiger partial charge in [0.1, 0.15) is 0 Å². The van der Waals surface area contributed by atoms with Gasteiger partial charge < -0.3 is 15.5 Å². The van der Waals surface area contributed by atoms with Crippen LogP contribution in [-0.4, -0.2) is 10.9 Å². The molecular weight excluding hydrogens is 316 g/mol. The second-order valence-electron chi connectivity index (χ2n) is 1.75. The largest absolute Gasteiger partial charge is 0.663 e. The van der Waals surface area contributed by atoms with Gasteiger partial charge in [-0.15, -0.1) is 0 Å². The first-order chi connectivity index (χ1) is 4.72. The fourth-order valence-corrected chi connectivity index (χ4v) is 0.594. The monoisotopic (exact) mass is 321 g/mol. The predicted octanol–water partition coefficient (Wildman–Crippen LogP) is 0.565. The molecule has 0 radical (unpaired) electrons. The molecule has 5 heteroatoms. The fraction of sp³-hybridized carbons (Fsp3) is 0. The molecule has 0 fully saturated rings. The number of aromatic nitrogens is 1. The van der Waals surface area contributed by atoms with Crippen molar-refractivity contribution in [1.29, 1.82) is 0 Å². The molecule has 58 valence electrons. The molecule has 0 aliphatic carbocycles. The third-order valence-corrected chi connectivity index (χ3v) is 1.07. The molecule has 0 spiro atoms. The van der Waals surface area contributed by atoms with Crippen molar-refractivity contribution in [2.75, 3.05) is 0 Å². The Morgan fingerprint density at radius 3 is 2.55 bits per heavy atom. The third-order valence-electron chi connectivity index (χ3n) is 1.07. The summed E-state index contributed by atoms with van der Waals surface area (Å²) in [4.78, 5) is 23.6. The molecule has 0 atom stereocenters. The Kier molecular flexibility index (Phi) is 3.75. The zero-order valence-corrected chi connectivity index (χ0v) is 8.39. The molecule has 1 aromatic heterocycles. The molecule has 0 saturated carbocycles. The number of amides is 1. The maximum Gasteiger partial charge on any atom is 0.190 e. The quantitative estimate of drug-likeness (QED) is 0.821. The molecule has 4 nitrogen and oxygen atoms in total. The van der Waals surface area contributed by atoms with E-state index in [4.69, 9.17) is 5.73 Å². The molecule has 0 aliphatic rings. The molecule has 2 N–H and O–H groups in total. The van der Waals surface area contributed by atoms with Crippen molar-refractivity contribution in [3.05, 3.63) is 40.0 Å². The maximum atomic E-state index is 10.7. The van der Waals surface area contributed by atoms with E-state index in [9.17, 15) is 9.59 Å². The summed E-state index contributed by atoms with van der Waals surface area (Å²) in [5.41, 5.74) is 6.06. The Labute approximate surface area is 77.1 Å². The molecule has 1 heterocycles. The van der Waals surface area contributed by atoms with Gasteiger partial charge in [0.05, 0.1) is 11.5 Å². The van der Waals surface area contributed by atoms with Crippen molar-refractivity contribution < 1.29 is 25.9 Å². The van der Waals surface area contributed by atoms with Gasteiger partial charge in [0.25, 0.3) is 0 Å². The van der Waals surface area contributed by atoms with Crippen molar-refractivity contribution in [1.82, 2.24) is 4.98 Å². The van der Waals surface area contributed by atoms with Gasteiger partial charge in [-0.25, -0.2) is 0 Å². The second kappa shape index (κ2) is 4.08. The van der Waals surface area contributed by atoms with E-state index in [1.165, 1.54) is 18.5 Å². The van der Waals surface area contributed by atoms with Crippen molar-refractivity contribution in [3.63, 3.8) is 0 Å². The second-order valence-corrected chi connectivity index (χ2v) is 1.75. The summed E-state index contributed by atoms with van der Waals surface area (Å²) in [7, 11) is 0. The summed E-state index contributed by atoms with van der Waals surface area (Å²) < 4.78 is 0. The molecule has 0 bridgehead atoms. The number of rotatable bonds is 1. The summed E-state index contributed by atoms with van der Waals surface area (Å²) in [6, 6.07) is 1.21. The molecule has 1 rings (SSSR count). The minimum absolute atomic E-state index is 0. The Hall–Kier alpha value is -0.892. The first-order valence-electron chi connectivity index (χ1n) is 2.65. The predicted molar refractivity (Wildman–Crippen MR) is 35.7 cm³/mol. The zero-order valence-electron chi connectivity index (χ0n) is 5.46. The van der Waals surface area contributed by atoms with Crippen LogP contribution < -0.4 is 5.43 Å². The van der Waals surface area contributed by atoms with Crippen molar-refractivity contribution in [2.24, 2.45) is 0 Å². The maximum absolute atomic E-state index is 10.7. The number of pyridine rings is 1. The normalized spacial score (nSPS) is 8.36. The Morgan fingerprint density at radius 1 is 1.55 bits per heavy atom. The molecule has 0 aliphatic heterocycles. The number of nitrogens with one attached hydrogen (secondary N) is 2. The number of carbonyl (C=O) groups is 1. The van der Waals surface area contributed by atoms with Gasteiger partial charge in [0, 0.05) is 39.5 Å². The molecule has 11 heavy (non-hydrogen) atoms. The van der Waals surface area contributed by atoms with Crippen LogP contribution in [0.2, 0.25) is 0 Å². The zero-order chi connectivity index (χ0) is 7.56. The Bertz CT molecular complexity index is 307. The SMILES string of the molecule is [NH-]C(=O)c1c[nH]ccc1=O.[W]. The number of aromatic amines is 1. The van der Waals surface area contributed by atoms with Gasteiger partial charge in [0.2, 0.25) is 0 Å². The minimum Gasteiger partial charge on any atom is -0.663 e. The van der Waals surface area contributed by atoms with Gasteiger partial charge >= 0.3 is 0 Å². The van der Waals surface area contributed by atoms with Crippen molar-refractivity contribution in [2.45, 2.75) is 0 Å². The first-order valence-corrected chi connectivity index (χ1v) is 2.65. The van der Waals surface area contributed by atoms with Crippen LogP contribution in [0.1, 0.15) is 10.4 Å². The Balaban J connectivity index is 0.000001000. The molecule has 0 saturated heterocycles. The van der Waals surface area contributed by atoms with Gasteiger partial charge in [-0.1, -0.05) is 0 Å². The number of carbonyl (C=O) groups excluding carboxylic acids is 1.